The summed E-state index contributed by atoms with van der Waals surface area (Å²) in [4.78, 5) is 39.1. The fourth-order valence-electron chi connectivity index (χ4n) is 5.83. The van der Waals surface area contributed by atoms with Gasteiger partial charge in [0.15, 0.2) is 9.84 Å². The number of rotatable bonds is 5. The van der Waals surface area contributed by atoms with Gasteiger partial charge in [0.05, 0.1) is 27.6 Å². The van der Waals surface area contributed by atoms with Gasteiger partial charge in [-0.05, 0) is 49.4 Å². The molecule has 5 aliphatic rings. The summed E-state index contributed by atoms with van der Waals surface area (Å²) in [5.41, 5.74) is 0.966. The number of nitrogens with one attached hydrogen (secondary N) is 2. The molecule has 33 heavy (non-hydrogen) atoms. The number of hydrogen-bond acceptors (Lipinski definition) is 5. The van der Waals surface area contributed by atoms with E-state index in [4.69, 9.17) is 11.6 Å². The van der Waals surface area contributed by atoms with E-state index in [-0.39, 0.29) is 34.1 Å². The molecule has 2 aliphatic carbocycles. The summed E-state index contributed by atoms with van der Waals surface area (Å²) in [6.45, 7) is 3.21. The number of ketones is 1. The minimum Gasteiger partial charge on any atom is -0.342 e. The van der Waals surface area contributed by atoms with E-state index >= 15 is 0 Å². The Morgan fingerprint density at radius 1 is 1.21 bits per heavy atom. The number of amides is 2. The van der Waals surface area contributed by atoms with Gasteiger partial charge < -0.3 is 15.2 Å². The molecule has 8 nitrogen and oxygen atoms in total. The summed E-state index contributed by atoms with van der Waals surface area (Å²) in [6.07, 6.45) is 0. The molecule has 2 aromatic rings. The molecular weight excluding hydrogens is 473 g/mol. The van der Waals surface area contributed by atoms with E-state index in [1.54, 1.807) is 13.8 Å². The summed E-state index contributed by atoms with van der Waals surface area (Å²) >= 11 is 5.81. The molecule has 2 amide bonds. The van der Waals surface area contributed by atoms with Gasteiger partial charge in [-0.25, -0.2) is 12.8 Å². The molecule has 1 aromatic carbocycles. The molecule has 2 unspecified atom stereocenters. The van der Waals surface area contributed by atoms with Crippen LogP contribution in [0.3, 0.4) is 0 Å². The number of carbonyl (C=O) groups excluding carboxylic acids is 3. The van der Waals surface area contributed by atoms with Gasteiger partial charge in [0, 0.05) is 23.3 Å². The van der Waals surface area contributed by atoms with Gasteiger partial charge in [0.2, 0.25) is 0 Å². The van der Waals surface area contributed by atoms with Crippen molar-refractivity contribution in [1.29, 1.82) is 0 Å². The second-order valence-corrected chi connectivity index (χ2v) is 12.2. The van der Waals surface area contributed by atoms with Crippen LogP contribution in [0.1, 0.15) is 51.0 Å². The molecule has 2 saturated carbocycles. The molecule has 3 fully saturated rings. The maximum absolute atomic E-state index is 13.5. The van der Waals surface area contributed by atoms with Crippen LogP contribution in [-0.2, 0) is 14.6 Å². The smallest absolute Gasteiger partial charge is 0.292 e. The van der Waals surface area contributed by atoms with Crippen molar-refractivity contribution in [3.8, 4) is 0 Å². The topological polar surface area (TPSA) is 114 Å². The van der Waals surface area contributed by atoms with Gasteiger partial charge >= 0.3 is 0 Å². The van der Waals surface area contributed by atoms with Crippen LogP contribution >= 0.6 is 11.6 Å². The molecule has 2 bridgehead atoms. The first kappa shape index (κ1) is 20.9. The Balaban J connectivity index is 1.31. The van der Waals surface area contributed by atoms with Crippen LogP contribution < -0.4 is 10.6 Å². The fourth-order valence-corrected chi connectivity index (χ4v) is 8.02. The summed E-state index contributed by atoms with van der Waals surface area (Å²) in [5.74, 6) is -2.18. The first-order valence-electron chi connectivity index (χ1n) is 10.5. The third-order valence-electron chi connectivity index (χ3n) is 7.20. The van der Waals surface area contributed by atoms with Crippen molar-refractivity contribution in [2.75, 3.05) is 16.8 Å². The largest absolute Gasteiger partial charge is 0.342 e. The van der Waals surface area contributed by atoms with Crippen molar-refractivity contribution >= 4 is 44.7 Å². The van der Waals surface area contributed by atoms with Crippen molar-refractivity contribution in [3.63, 3.8) is 0 Å². The molecule has 1 aromatic heterocycles. The highest BCUT2D eigenvalue weighted by Gasteiger charge is 2.81. The molecule has 3 aliphatic heterocycles. The summed E-state index contributed by atoms with van der Waals surface area (Å²) in [7, 11) is -3.20. The van der Waals surface area contributed by atoms with Crippen molar-refractivity contribution in [2.24, 2.45) is 11.8 Å². The third-order valence-corrected chi connectivity index (χ3v) is 9.64. The molecule has 2 N–H and O–H groups in total. The van der Waals surface area contributed by atoms with Crippen LogP contribution in [0.4, 0.5) is 10.1 Å². The van der Waals surface area contributed by atoms with Gasteiger partial charge in [0.25, 0.3) is 17.6 Å². The lowest BCUT2D eigenvalue weighted by Gasteiger charge is -2.38. The van der Waals surface area contributed by atoms with E-state index in [2.05, 4.69) is 10.6 Å². The summed E-state index contributed by atoms with van der Waals surface area (Å²) < 4.78 is 38.4. The monoisotopic (exact) mass is 491 g/mol. The number of anilines is 1. The average molecular weight is 492 g/mol. The molecule has 4 atom stereocenters. The van der Waals surface area contributed by atoms with Crippen LogP contribution in [0, 0.1) is 24.6 Å². The normalized spacial score (nSPS) is 28.2. The molecule has 0 radical (unpaired) electrons. The van der Waals surface area contributed by atoms with Crippen molar-refractivity contribution in [1.82, 2.24) is 9.88 Å². The standard InChI is InChI=1S/C22H19ClFN3O5S/c1-8-12(19(28)21(30)26-22(2)6-33(31,32)7-22)17-13-14-15(13)18(14)27(17)16(8)20(29)25-9-3-4-11(24)10(23)5-9/h3-5,13-15,18H,6-7H2,1-2H3,(H,25,29)(H,26,30)/t13?,14-,15?,18-/m0/s1. The zero-order chi connectivity index (χ0) is 23.6. The Labute approximate surface area is 193 Å². The lowest BCUT2D eigenvalue weighted by Crippen LogP contribution is -2.64. The predicted molar refractivity (Wildman–Crippen MR) is 117 cm³/mol. The minimum absolute atomic E-state index is 0.129. The predicted octanol–water partition coefficient (Wildman–Crippen LogP) is 2.23. The molecule has 11 heteroatoms. The second kappa shape index (κ2) is 6.24. The second-order valence-electron chi connectivity index (χ2n) is 9.73. The van der Waals surface area contributed by atoms with E-state index < -0.39 is 38.8 Å². The molecule has 0 spiro atoms. The van der Waals surface area contributed by atoms with Crippen molar-refractivity contribution in [2.45, 2.75) is 31.3 Å². The van der Waals surface area contributed by atoms with Gasteiger partial charge in [0.1, 0.15) is 11.5 Å². The zero-order valence-electron chi connectivity index (χ0n) is 17.6. The van der Waals surface area contributed by atoms with Crippen LogP contribution in [0.5, 0.6) is 0 Å². The Morgan fingerprint density at radius 2 is 1.88 bits per heavy atom. The van der Waals surface area contributed by atoms with E-state index in [1.807, 2.05) is 4.57 Å². The first-order valence-corrected chi connectivity index (χ1v) is 12.7. The Hall–Kier alpha value is -2.72. The highest BCUT2D eigenvalue weighted by atomic mass is 35.5. The van der Waals surface area contributed by atoms with Crippen LogP contribution in [0.25, 0.3) is 0 Å². The highest BCUT2D eigenvalue weighted by molar-refractivity contribution is 7.93. The molecule has 4 heterocycles. The average Bonchev–Trinajstić information content (AvgIpc) is 3.48. The van der Waals surface area contributed by atoms with E-state index in [0.717, 1.165) is 6.07 Å². The van der Waals surface area contributed by atoms with E-state index in [1.165, 1.54) is 12.1 Å². The number of benzene rings is 1. The van der Waals surface area contributed by atoms with Crippen molar-refractivity contribution in [3.05, 3.63) is 51.6 Å². The molecular formula is C22H19ClFN3O5S. The first-order chi connectivity index (χ1) is 15.4. The van der Waals surface area contributed by atoms with Gasteiger partial charge in [-0.2, -0.15) is 0 Å². The number of nitrogens with zero attached hydrogens (tertiary/aromatic N) is 1. The summed E-state index contributed by atoms with van der Waals surface area (Å²) in [5, 5.41) is 5.14. The minimum atomic E-state index is -3.20. The SMILES string of the molecule is Cc1c(C(=O)C(=O)NC2(C)CS(=O)(=O)C2)c2n(c1C(=O)Nc1ccc(F)c(Cl)c1)[C@@H]1C3C2[C@@H]31. The Morgan fingerprint density at radius 3 is 2.48 bits per heavy atom. The van der Waals surface area contributed by atoms with Crippen LogP contribution in [-0.4, -0.2) is 47.6 Å². The maximum atomic E-state index is 13.5. The molecule has 172 valence electrons. The molecule has 1 saturated heterocycles. The number of halogens is 2. The lowest BCUT2D eigenvalue weighted by atomic mass is 9.98. The number of sulfone groups is 1. The number of aromatic nitrogens is 1. The number of hydrogen-bond donors (Lipinski definition) is 2. The highest BCUT2D eigenvalue weighted by Crippen LogP contribution is 2.86. The Kier molecular flexibility index (Phi) is 3.94. The quantitative estimate of drug-likeness (QED) is 0.491. The van der Waals surface area contributed by atoms with Gasteiger partial charge in [-0.1, -0.05) is 11.6 Å². The summed E-state index contributed by atoms with van der Waals surface area (Å²) in [6, 6.07) is 3.99. The maximum Gasteiger partial charge on any atom is 0.292 e. The van der Waals surface area contributed by atoms with Crippen molar-refractivity contribution < 1.29 is 27.2 Å². The fraction of sp³-hybridized carbons (Fsp3) is 0.409. The number of Topliss-reactive ketones (excluding diaryl/α,β-unsaturated/α-hetero) is 1. The Bertz CT molecular complexity index is 1410. The van der Waals surface area contributed by atoms with Crippen LogP contribution in [0.15, 0.2) is 18.2 Å². The third kappa shape index (κ3) is 2.86. The van der Waals surface area contributed by atoms with Gasteiger partial charge in [-0.3, -0.25) is 14.4 Å². The lowest BCUT2D eigenvalue weighted by molar-refractivity contribution is -0.118. The van der Waals surface area contributed by atoms with E-state index in [0.29, 0.717) is 34.5 Å². The van der Waals surface area contributed by atoms with E-state index in [9.17, 15) is 27.2 Å². The number of carbonyl (C=O) groups is 3. The van der Waals surface area contributed by atoms with Gasteiger partial charge in [-0.15, -0.1) is 0 Å². The van der Waals surface area contributed by atoms with Crippen LogP contribution in [0.2, 0.25) is 5.02 Å². The zero-order valence-corrected chi connectivity index (χ0v) is 19.2. The molecule has 7 rings (SSSR count).